The molecule has 1 aliphatic heterocycles. The number of ether oxygens (including phenoxy) is 2. The minimum absolute atomic E-state index is 0.182. The van der Waals surface area contributed by atoms with Gasteiger partial charge in [0, 0.05) is 23.7 Å². The molecule has 31 heavy (non-hydrogen) atoms. The molecule has 0 radical (unpaired) electrons. The number of nitrogens with one attached hydrogen (secondary N) is 1. The number of aliphatic hydroxyl groups excluding tert-OH is 1. The van der Waals surface area contributed by atoms with E-state index in [9.17, 15) is 9.90 Å². The summed E-state index contributed by atoms with van der Waals surface area (Å²) >= 11 is 0. The number of fused-ring (bicyclic) bond motifs is 1. The zero-order chi connectivity index (χ0) is 22.0. The van der Waals surface area contributed by atoms with E-state index in [0.29, 0.717) is 42.6 Å². The number of aromatic nitrogens is 3. The van der Waals surface area contributed by atoms with Crippen LogP contribution in [0, 0.1) is 0 Å². The molecular formula is C22H27N5O4. The number of amides is 1. The number of likely N-dealkylation sites (N-methyl/N-ethyl adjacent to an activating group) is 1. The summed E-state index contributed by atoms with van der Waals surface area (Å²) in [4.78, 5) is 18.7. The number of cyclic esters (lactones) is 1. The van der Waals surface area contributed by atoms with Gasteiger partial charge in [-0.1, -0.05) is 26.0 Å². The third-order valence-corrected chi connectivity index (χ3v) is 5.15. The number of anilines is 1. The van der Waals surface area contributed by atoms with Crippen LogP contribution in [-0.2, 0) is 4.74 Å². The molecule has 1 aromatic carbocycles. The molecule has 1 aliphatic rings. The molecule has 0 bridgehead atoms. The van der Waals surface area contributed by atoms with Gasteiger partial charge in [-0.25, -0.2) is 9.78 Å². The Morgan fingerprint density at radius 3 is 2.87 bits per heavy atom. The maximum Gasteiger partial charge on any atom is 0.415 e. The number of hydrogen-bond donors (Lipinski definition) is 2. The minimum Gasteiger partial charge on any atom is -0.491 e. The van der Waals surface area contributed by atoms with E-state index in [0.717, 1.165) is 11.1 Å². The highest BCUT2D eigenvalue weighted by atomic mass is 16.6. The van der Waals surface area contributed by atoms with Crippen molar-refractivity contribution in [2.75, 3.05) is 38.3 Å². The van der Waals surface area contributed by atoms with Crippen LogP contribution in [0.5, 0.6) is 5.75 Å². The Balaban J connectivity index is 1.74. The van der Waals surface area contributed by atoms with Gasteiger partial charge in [0.15, 0.2) is 5.65 Å². The Labute approximate surface area is 180 Å². The molecule has 1 saturated heterocycles. The van der Waals surface area contributed by atoms with Crippen molar-refractivity contribution in [1.82, 2.24) is 19.9 Å². The van der Waals surface area contributed by atoms with Crippen molar-refractivity contribution < 1.29 is 19.4 Å². The Morgan fingerprint density at radius 2 is 2.16 bits per heavy atom. The summed E-state index contributed by atoms with van der Waals surface area (Å²) in [5.41, 5.74) is 3.25. The summed E-state index contributed by atoms with van der Waals surface area (Å²) in [7, 11) is 1.78. The van der Waals surface area contributed by atoms with Crippen LogP contribution in [0.2, 0.25) is 0 Å². The van der Waals surface area contributed by atoms with Crippen molar-refractivity contribution in [2.45, 2.75) is 25.9 Å². The third kappa shape index (κ3) is 4.33. The van der Waals surface area contributed by atoms with Crippen molar-refractivity contribution in [3.8, 4) is 17.0 Å². The van der Waals surface area contributed by atoms with Crippen molar-refractivity contribution in [1.29, 1.82) is 0 Å². The van der Waals surface area contributed by atoms with E-state index < -0.39 is 12.2 Å². The number of hydrogen-bond acceptors (Lipinski definition) is 7. The van der Waals surface area contributed by atoms with Gasteiger partial charge in [0.1, 0.15) is 30.9 Å². The lowest BCUT2D eigenvalue weighted by Crippen LogP contribution is -2.29. The lowest BCUT2D eigenvalue weighted by molar-refractivity contribution is 0.108. The molecule has 1 amide bonds. The molecule has 9 heteroatoms. The molecule has 164 valence electrons. The Bertz CT molecular complexity index is 1080. The molecule has 9 nitrogen and oxygen atoms in total. The van der Waals surface area contributed by atoms with Crippen molar-refractivity contribution >= 4 is 17.6 Å². The highest BCUT2D eigenvalue weighted by Gasteiger charge is 2.28. The van der Waals surface area contributed by atoms with E-state index in [-0.39, 0.29) is 12.5 Å². The van der Waals surface area contributed by atoms with Gasteiger partial charge in [0.25, 0.3) is 0 Å². The van der Waals surface area contributed by atoms with Crippen molar-refractivity contribution in [3.05, 3.63) is 42.1 Å². The monoisotopic (exact) mass is 425 g/mol. The Kier molecular flexibility index (Phi) is 6.06. The zero-order valence-corrected chi connectivity index (χ0v) is 17.9. The summed E-state index contributed by atoms with van der Waals surface area (Å²) in [6, 6.07) is 9.37. The van der Waals surface area contributed by atoms with Crippen molar-refractivity contribution in [2.24, 2.45) is 0 Å². The van der Waals surface area contributed by atoms with Crippen LogP contribution in [0.3, 0.4) is 0 Å². The highest BCUT2D eigenvalue weighted by molar-refractivity contribution is 5.89. The number of carbonyl (C=O) groups excluding carboxylic acids is 1. The Hall–Kier alpha value is -3.17. The van der Waals surface area contributed by atoms with E-state index in [1.54, 1.807) is 22.7 Å². The molecule has 1 unspecified atom stereocenters. The average molecular weight is 425 g/mol. The first-order valence-corrected chi connectivity index (χ1v) is 10.4. The lowest BCUT2D eigenvalue weighted by atomic mass is 10.1. The van der Waals surface area contributed by atoms with Gasteiger partial charge in [0.05, 0.1) is 18.4 Å². The Morgan fingerprint density at radius 1 is 1.32 bits per heavy atom. The molecule has 1 atom stereocenters. The number of benzene rings is 1. The molecule has 0 aliphatic carbocycles. The summed E-state index contributed by atoms with van der Waals surface area (Å²) in [5, 5.41) is 17.3. The van der Waals surface area contributed by atoms with Crippen LogP contribution in [0.1, 0.15) is 25.3 Å². The fraction of sp³-hybridized carbons (Fsp3) is 0.409. The van der Waals surface area contributed by atoms with E-state index in [1.165, 1.54) is 0 Å². The molecule has 1 fully saturated rings. The summed E-state index contributed by atoms with van der Waals surface area (Å²) < 4.78 is 12.6. The van der Waals surface area contributed by atoms with Gasteiger partial charge in [-0.3, -0.25) is 4.90 Å². The molecule has 3 heterocycles. The first kappa shape index (κ1) is 21.1. The fourth-order valence-corrected chi connectivity index (χ4v) is 3.55. The van der Waals surface area contributed by atoms with E-state index in [1.807, 2.05) is 30.3 Å². The van der Waals surface area contributed by atoms with Gasteiger partial charge >= 0.3 is 6.09 Å². The molecule has 2 aromatic heterocycles. The smallest absolute Gasteiger partial charge is 0.415 e. The predicted octanol–water partition coefficient (Wildman–Crippen LogP) is 2.44. The normalized spacial score (nSPS) is 15.0. The van der Waals surface area contributed by atoms with E-state index in [4.69, 9.17) is 14.5 Å². The number of carbonyl (C=O) groups is 1. The van der Waals surface area contributed by atoms with Crippen molar-refractivity contribution in [3.63, 3.8) is 0 Å². The second-order valence-corrected chi connectivity index (χ2v) is 7.81. The first-order chi connectivity index (χ1) is 15.0. The minimum atomic E-state index is -0.601. The van der Waals surface area contributed by atoms with E-state index >= 15 is 0 Å². The molecule has 0 spiro atoms. The summed E-state index contributed by atoms with van der Waals surface area (Å²) in [6.45, 7) is 5.60. The molecular weight excluding hydrogens is 398 g/mol. The number of nitrogens with zero attached hydrogens (tertiary/aromatic N) is 4. The standard InChI is InChI=1S/C22H27N5O4/c1-14(2)18-12-24-27-20(26-7-8-30-22(26)29)10-19(25-21(18)27)15-5-4-6-17(9-15)31-13-16(28)11-23-3/h4-6,9-10,12,14,16,23,28H,7-8,11,13H2,1-3H3. The largest absolute Gasteiger partial charge is 0.491 e. The van der Waals surface area contributed by atoms with Crippen LogP contribution >= 0.6 is 0 Å². The zero-order valence-electron chi connectivity index (χ0n) is 17.9. The second kappa shape index (κ2) is 8.91. The number of rotatable bonds is 8. The van der Waals surface area contributed by atoms with Crippen LogP contribution in [0.4, 0.5) is 10.6 Å². The number of aliphatic hydroxyl groups is 1. The predicted molar refractivity (Wildman–Crippen MR) is 117 cm³/mol. The maximum absolute atomic E-state index is 12.3. The van der Waals surface area contributed by atoms with E-state index in [2.05, 4.69) is 24.3 Å². The second-order valence-electron chi connectivity index (χ2n) is 7.81. The third-order valence-electron chi connectivity index (χ3n) is 5.15. The average Bonchev–Trinajstić information content (AvgIpc) is 3.38. The van der Waals surface area contributed by atoms with Gasteiger partial charge in [-0.05, 0) is 25.1 Å². The van der Waals surface area contributed by atoms with Crippen LogP contribution in [-0.4, -0.2) is 65.3 Å². The van der Waals surface area contributed by atoms with Crippen LogP contribution < -0.4 is 15.0 Å². The van der Waals surface area contributed by atoms with Gasteiger partial charge < -0.3 is 19.9 Å². The summed E-state index contributed by atoms with van der Waals surface area (Å²) in [5.74, 6) is 1.47. The molecule has 0 saturated carbocycles. The maximum atomic E-state index is 12.3. The quantitative estimate of drug-likeness (QED) is 0.572. The van der Waals surface area contributed by atoms with Crippen LogP contribution in [0.25, 0.3) is 16.9 Å². The van der Waals surface area contributed by atoms with Gasteiger partial charge in [0.2, 0.25) is 0 Å². The fourth-order valence-electron chi connectivity index (χ4n) is 3.55. The molecule has 2 N–H and O–H groups in total. The molecule has 4 rings (SSSR count). The van der Waals surface area contributed by atoms with Gasteiger partial charge in [-0.15, -0.1) is 0 Å². The first-order valence-electron chi connectivity index (χ1n) is 10.4. The van der Waals surface area contributed by atoms with Crippen LogP contribution in [0.15, 0.2) is 36.5 Å². The molecule has 3 aromatic rings. The SMILES string of the molecule is CNCC(O)COc1cccc(-c2cc(N3CCOC3=O)n3ncc(C(C)C)c3n2)c1. The lowest BCUT2D eigenvalue weighted by Gasteiger charge is -2.16. The highest BCUT2D eigenvalue weighted by Crippen LogP contribution is 2.31. The topological polar surface area (TPSA) is 101 Å². The summed E-state index contributed by atoms with van der Waals surface area (Å²) in [6.07, 6.45) is 0.802. The van der Waals surface area contributed by atoms with Gasteiger partial charge in [-0.2, -0.15) is 9.61 Å².